The molecule has 0 spiro atoms. The number of nitrogen functional groups attached to an aromatic ring is 1. The van der Waals surface area contributed by atoms with E-state index >= 15 is 0 Å². The van der Waals surface area contributed by atoms with Crippen molar-refractivity contribution in [3.63, 3.8) is 0 Å². The topological polar surface area (TPSA) is 81.5 Å². The summed E-state index contributed by atoms with van der Waals surface area (Å²) in [4.78, 5) is 4.07. The van der Waals surface area contributed by atoms with Gasteiger partial charge in [-0.2, -0.15) is 10.2 Å². The number of benzene rings is 1. The molecule has 6 nitrogen and oxygen atoms in total. The maximum Gasteiger partial charge on any atom is 0.150 e. The van der Waals surface area contributed by atoms with E-state index in [1.54, 1.807) is 23.3 Å². The van der Waals surface area contributed by atoms with Gasteiger partial charge in [0.05, 0.1) is 18.4 Å². The second-order valence-electron chi connectivity index (χ2n) is 4.47. The number of rotatable bonds is 4. The molecule has 0 bridgehead atoms. The molecule has 6 heteroatoms. The number of hydrogen-bond acceptors (Lipinski definition) is 5. The third-order valence-corrected chi connectivity index (χ3v) is 2.94. The SMILES string of the molecule is Nc1c(N=Nc2ccccc2)cnn1Cc1cccnc1. The van der Waals surface area contributed by atoms with Crippen LogP contribution in [0.4, 0.5) is 17.2 Å². The van der Waals surface area contributed by atoms with E-state index in [1.165, 1.54) is 0 Å². The van der Waals surface area contributed by atoms with Crippen LogP contribution in [0.25, 0.3) is 0 Å². The monoisotopic (exact) mass is 278 g/mol. The Bertz CT molecular complexity index is 733. The molecule has 0 aliphatic rings. The van der Waals surface area contributed by atoms with Gasteiger partial charge >= 0.3 is 0 Å². The Morgan fingerprint density at radius 3 is 2.62 bits per heavy atom. The lowest BCUT2D eigenvalue weighted by molar-refractivity contribution is 0.695. The smallest absolute Gasteiger partial charge is 0.150 e. The zero-order chi connectivity index (χ0) is 14.5. The highest BCUT2D eigenvalue weighted by Crippen LogP contribution is 2.24. The fraction of sp³-hybridized carbons (Fsp3) is 0.0667. The molecule has 21 heavy (non-hydrogen) atoms. The van der Waals surface area contributed by atoms with Crippen LogP contribution in [0.2, 0.25) is 0 Å². The number of aromatic nitrogens is 3. The molecule has 0 unspecified atom stereocenters. The van der Waals surface area contributed by atoms with Crippen molar-refractivity contribution >= 4 is 17.2 Å². The molecule has 2 aromatic heterocycles. The van der Waals surface area contributed by atoms with Gasteiger partial charge in [0.1, 0.15) is 11.5 Å². The van der Waals surface area contributed by atoms with E-state index in [0.717, 1.165) is 11.3 Å². The summed E-state index contributed by atoms with van der Waals surface area (Å²) in [6.45, 7) is 0.556. The molecule has 2 N–H and O–H groups in total. The predicted molar refractivity (Wildman–Crippen MR) is 80.6 cm³/mol. The lowest BCUT2D eigenvalue weighted by Gasteiger charge is -2.03. The van der Waals surface area contributed by atoms with Gasteiger partial charge in [0, 0.05) is 12.4 Å². The molecule has 0 amide bonds. The fourth-order valence-electron chi connectivity index (χ4n) is 1.86. The van der Waals surface area contributed by atoms with Crippen molar-refractivity contribution in [2.24, 2.45) is 10.2 Å². The van der Waals surface area contributed by atoms with Gasteiger partial charge in [-0.25, -0.2) is 4.68 Å². The first kappa shape index (κ1) is 13.0. The Kier molecular flexibility index (Phi) is 3.68. The Labute approximate surface area is 122 Å². The normalized spacial score (nSPS) is 11.0. The van der Waals surface area contributed by atoms with Crippen molar-refractivity contribution in [3.8, 4) is 0 Å². The molecular weight excluding hydrogens is 264 g/mol. The van der Waals surface area contributed by atoms with E-state index < -0.39 is 0 Å². The first-order valence-electron chi connectivity index (χ1n) is 6.50. The average Bonchev–Trinajstić information content (AvgIpc) is 2.88. The van der Waals surface area contributed by atoms with Crippen LogP contribution in [0.15, 0.2) is 71.3 Å². The molecule has 0 saturated carbocycles. The van der Waals surface area contributed by atoms with E-state index in [1.807, 2.05) is 42.5 Å². The summed E-state index contributed by atoms with van der Waals surface area (Å²) in [5.74, 6) is 0.485. The van der Waals surface area contributed by atoms with Crippen LogP contribution in [0.5, 0.6) is 0 Å². The molecule has 0 atom stereocenters. The van der Waals surface area contributed by atoms with Gasteiger partial charge in [0.15, 0.2) is 0 Å². The fourth-order valence-corrected chi connectivity index (χ4v) is 1.86. The van der Waals surface area contributed by atoms with Crippen LogP contribution in [0.1, 0.15) is 5.56 Å². The third-order valence-electron chi connectivity index (χ3n) is 2.94. The van der Waals surface area contributed by atoms with Crippen molar-refractivity contribution in [3.05, 3.63) is 66.6 Å². The van der Waals surface area contributed by atoms with Gasteiger partial charge in [-0.05, 0) is 23.8 Å². The molecular formula is C15H14N6. The Hall–Kier alpha value is -3.02. The number of nitrogens with two attached hydrogens (primary N) is 1. The zero-order valence-electron chi connectivity index (χ0n) is 11.3. The van der Waals surface area contributed by atoms with E-state index in [2.05, 4.69) is 20.3 Å². The molecule has 0 saturated heterocycles. The largest absolute Gasteiger partial charge is 0.382 e. The van der Waals surface area contributed by atoms with Gasteiger partial charge in [-0.15, -0.1) is 5.11 Å². The average molecular weight is 278 g/mol. The predicted octanol–water partition coefficient (Wildman–Crippen LogP) is 3.32. The molecule has 0 aliphatic heterocycles. The highest BCUT2D eigenvalue weighted by molar-refractivity contribution is 5.56. The highest BCUT2D eigenvalue weighted by atomic mass is 15.3. The van der Waals surface area contributed by atoms with E-state index in [4.69, 9.17) is 5.73 Å². The second-order valence-corrected chi connectivity index (χ2v) is 4.47. The minimum atomic E-state index is 0.485. The van der Waals surface area contributed by atoms with Gasteiger partial charge in [-0.3, -0.25) is 4.98 Å². The molecule has 1 aromatic carbocycles. The summed E-state index contributed by atoms with van der Waals surface area (Å²) < 4.78 is 1.68. The summed E-state index contributed by atoms with van der Waals surface area (Å²) in [5, 5.41) is 12.5. The summed E-state index contributed by atoms with van der Waals surface area (Å²) in [7, 11) is 0. The molecule has 0 fully saturated rings. The lowest BCUT2D eigenvalue weighted by Crippen LogP contribution is -2.05. The lowest BCUT2D eigenvalue weighted by atomic mass is 10.3. The molecule has 3 aromatic rings. The minimum Gasteiger partial charge on any atom is -0.382 e. The summed E-state index contributed by atoms with van der Waals surface area (Å²) in [5.41, 5.74) is 8.40. The van der Waals surface area contributed by atoms with Gasteiger partial charge in [-0.1, -0.05) is 24.3 Å². The van der Waals surface area contributed by atoms with Crippen LogP contribution in [0.3, 0.4) is 0 Å². The van der Waals surface area contributed by atoms with Crippen molar-refractivity contribution in [1.29, 1.82) is 0 Å². The van der Waals surface area contributed by atoms with Crippen molar-refractivity contribution < 1.29 is 0 Å². The molecule has 3 rings (SSSR count). The minimum absolute atomic E-state index is 0.485. The number of hydrogen-bond donors (Lipinski definition) is 1. The van der Waals surface area contributed by atoms with E-state index in [-0.39, 0.29) is 0 Å². The Balaban J connectivity index is 1.78. The van der Waals surface area contributed by atoms with Crippen LogP contribution in [-0.4, -0.2) is 14.8 Å². The van der Waals surface area contributed by atoms with Gasteiger partial charge < -0.3 is 5.73 Å². The van der Waals surface area contributed by atoms with Crippen LogP contribution in [-0.2, 0) is 6.54 Å². The van der Waals surface area contributed by atoms with Crippen LogP contribution < -0.4 is 5.73 Å². The summed E-state index contributed by atoms with van der Waals surface area (Å²) in [6.07, 6.45) is 5.12. The first-order chi connectivity index (χ1) is 10.3. The highest BCUT2D eigenvalue weighted by Gasteiger charge is 2.07. The standard InChI is InChI=1S/C15H14N6/c16-15-14(20-19-13-6-2-1-3-7-13)10-18-21(15)11-12-5-4-8-17-9-12/h1-10H,11,16H2. The number of nitrogens with zero attached hydrogens (tertiary/aromatic N) is 5. The Morgan fingerprint density at radius 1 is 1.00 bits per heavy atom. The summed E-state index contributed by atoms with van der Waals surface area (Å²) >= 11 is 0. The van der Waals surface area contributed by atoms with Crippen LogP contribution in [0, 0.1) is 0 Å². The van der Waals surface area contributed by atoms with Gasteiger partial charge in [0.25, 0.3) is 0 Å². The van der Waals surface area contributed by atoms with E-state index in [9.17, 15) is 0 Å². The van der Waals surface area contributed by atoms with Crippen molar-refractivity contribution in [2.45, 2.75) is 6.54 Å². The number of anilines is 1. The molecule has 2 heterocycles. The number of pyridine rings is 1. The molecule has 0 aliphatic carbocycles. The Morgan fingerprint density at radius 2 is 1.86 bits per heavy atom. The molecule has 0 radical (unpaired) electrons. The van der Waals surface area contributed by atoms with Crippen LogP contribution >= 0.6 is 0 Å². The third kappa shape index (κ3) is 3.11. The number of azo groups is 1. The maximum absolute atomic E-state index is 6.04. The van der Waals surface area contributed by atoms with Crippen molar-refractivity contribution in [2.75, 3.05) is 5.73 Å². The summed E-state index contributed by atoms with van der Waals surface area (Å²) in [6, 6.07) is 13.3. The molecule has 104 valence electrons. The zero-order valence-corrected chi connectivity index (χ0v) is 11.3. The van der Waals surface area contributed by atoms with Crippen molar-refractivity contribution in [1.82, 2.24) is 14.8 Å². The van der Waals surface area contributed by atoms with Gasteiger partial charge in [0.2, 0.25) is 0 Å². The first-order valence-corrected chi connectivity index (χ1v) is 6.50. The quantitative estimate of drug-likeness (QED) is 0.743. The second kappa shape index (κ2) is 5.96. The van der Waals surface area contributed by atoms with E-state index in [0.29, 0.717) is 18.1 Å². The maximum atomic E-state index is 6.04.